The normalized spacial score (nSPS) is 12.8. The van der Waals surface area contributed by atoms with Crippen molar-refractivity contribution in [2.45, 2.75) is 39.3 Å². The van der Waals surface area contributed by atoms with Gasteiger partial charge in [0, 0.05) is 30.4 Å². The van der Waals surface area contributed by atoms with Gasteiger partial charge in [-0.15, -0.1) is 0 Å². The second kappa shape index (κ2) is 7.26. The third kappa shape index (κ3) is 4.75. The number of aromatic hydroxyl groups is 1. The molecule has 25 heavy (non-hydrogen) atoms. The number of anilines is 1. The van der Waals surface area contributed by atoms with Crippen LogP contribution in [0.25, 0.3) is 0 Å². The summed E-state index contributed by atoms with van der Waals surface area (Å²) in [6.45, 7) is 14.1. The largest absolute Gasteiger partial charge is 0.507 e. The van der Waals surface area contributed by atoms with Crippen molar-refractivity contribution in [3.05, 3.63) is 36.4 Å². The first-order chi connectivity index (χ1) is 11.4. The maximum Gasteiger partial charge on any atom is 0.122 e. The highest BCUT2D eigenvalue weighted by Crippen LogP contribution is 2.24. The van der Waals surface area contributed by atoms with Gasteiger partial charge in [0.2, 0.25) is 0 Å². The Balaban J connectivity index is 2.62. The summed E-state index contributed by atoms with van der Waals surface area (Å²) in [6.07, 6.45) is 0. The summed E-state index contributed by atoms with van der Waals surface area (Å²) in [7, 11) is 1.58. The lowest BCUT2D eigenvalue weighted by Gasteiger charge is -2.26. The lowest BCUT2D eigenvalue weighted by molar-refractivity contribution is 0.484. The van der Waals surface area contributed by atoms with Gasteiger partial charge >= 0.3 is 0 Å². The highest BCUT2D eigenvalue weighted by Gasteiger charge is 2.27. The predicted molar refractivity (Wildman–Crippen MR) is 122 cm³/mol. The van der Waals surface area contributed by atoms with Gasteiger partial charge in [-0.05, 0) is 11.3 Å². The maximum absolute atomic E-state index is 11.0. The Hall–Kier alpha value is -1.10. The molecular formula is C20H32NOPSi2. The van der Waals surface area contributed by atoms with E-state index >= 15 is 0 Å². The fourth-order valence-corrected chi connectivity index (χ4v) is 7.24. The molecule has 2 nitrogen and oxygen atoms in total. The van der Waals surface area contributed by atoms with Gasteiger partial charge in [-0.25, -0.2) is 0 Å². The minimum atomic E-state index is -1.61. The number of phenols is 1. The fraction of sp³-hybridized carbons (Fsp3) is 0.400. The number of rotatable bonds is 5. The number of phenolic OH excluding ortho intramolecular Hbond substituents is 1. The molecule has 0 aliphatic carbocycles. The monoisotopic (exact) mass is 389 g/mol. The number of hydrogen-bond donors (Lipinski definition) is 1. The van der Waals surface area contributed by atoms with Crippen LogP contribution in [0.4, 0.5) is 5.69 Å². The van der Waals surface area contributed by atoms with Crippen molar-refractivity contribution in [3.63, 3.8) is 0 Å². The average molecular weight is 390 g/mol. The van der Waals surface area contributed by atoms with Crippen LogP contribution in [0.5, 0.6) is 5.75 Å². The third-order valence-electron chi connectivity index (χ3n) is 4.44. The molecule has 0 radical (unpaired) electrons. The quantitative estimate of drug-likeness (QED) is 0.627. The lowest BCUT2D eigenvalue weighted by atomic mass is 10.3. The average Bonchev–Trinajstić information content (AvgIpc) is 2.47. The van der Waals surface area contributed by atoms with E-state index in [0.717, 1.165) is 5.30 Å². The summed E-state index contributed by atoms with van der Waals surface area (Å²) in [5.74, 6) is 0.535. The van der Waals surface area contributed by atoms with Crippen molar-refractivity contribution in [1.82, 2.24) is 0 Å². The maximum atomic E-state index is 11.0. The number of hydrogen-bond acceptors (Lipinski definition) is 2. The zero-order valence-corrected chi connectivity index (χ0v) is 19.9. The Morgan fingerprint density at radius 3 is 1.96 bits per heavy atom. The summed E-state index contributed by atoms with van der Waals surface area (Å²) in [5, 5.41) is 16.1. The van der Waals surface area contributed by atoms with Crippen LogP contribution in [0.1, 0.15) is 0 Å². The second-order valence-electron chi connectivity index (χ2n) is 8.96. The zero-order valence-electron chi connectivity index (χ0n) is 16.9. The topological polar surface area (TPSA) is 23.5 Å². The van der Waals surface area contributed by atoms with Crippen molar-refractivity contribution in [2.75, 3.05) is 19.0 Å². The van der Waals surface area contributed by atoms with Crippen molar-refractivity contribution in [2.24, 2.45) is 0 Å². The van der Waals surface area contributed by atoms with Crippen molar-refractivity contribution >= 4 is 51.4 Å². The van der Waals surface area contributed by atoms with E-state index in [2.05, 4.69) is 94.7 Å². The van der Waals surface area contributed by atoms with Crippen molar-refractivity contribution in [1.29, 1.82) is 0 Å². The van der Waals surface area contributed by atoms with E-state index in [9.17, 15) is 5.11 Å². The highest BCUT2D eigenvalue weighted by molar-refractivity contribution is 7.56. The van der Waals surface area contributed by atoms with Crippen LogP contribution in [0.15, 0.2) is 36.4 Å². The molecule has 0 aromatic heterocycles. The molecule has 1 atom stereocenters. The number of nitrogens with zero attached hydrogens (tertiary/aromatic N) is 1. The first kappa shape index (κ1) is 20.2. The molecule has 136 valence electrons. The molecule has 1 unspecified atom stereocenters. The minimum Gasteiger partial charge on any atom is -0.507 e. The molecule has 0 saturated carbocycles. The summed E-state index contributed by atoms with van der Waals surface area (Å²) in [6, 6.07) is 13.1. The first-order valence-corrected chi connectivity index (χ1v) is 16.8. The summed E-state index contributed by atoms with van der Waals surface area (Å²) in [4.78, 5) is 2.15. The predicted octanol–water partition coefficient (Wildman–Crippen LogP) is 3.18. The number of para-hydroxylation sites is 1. The van der Waals surface area contributed by atoms with E-state index in [1.807, 2.05) is 0 Å². The third-order valence-corrected chi connectivity index (χ3v) is 9.80. The second-order valence-corrected chi connectivity index (χ2v) is 20.4. The van der Waals surface area contributed by atoms with Crippen LogP contribution in [-0.4, -0.2) is 35.3 Å². The Kier molecular flexibility index (Phi) is 5.87. The molecule has 0 bridgehead atoms. The molecule has 2 aromatic rings. The SMILES string of the molecule is CN(C)c1ccccc1Pc1cc([Si](C)(C)C)cc([Si](C)(C)C)c1O. The molecular weight excluding hydrogens is 357 g/mol. The van der Waals surface area contributed by atoms with Gasteiger partial charge in [0.05, 0.1) is 16.1 Å². The minimum absolute atomic E-state index is 0.471. The van der Waals surface area contributed by atoms with Crippen LogP contribution in [0.2, 0.25) is 39.3 Å². The van der Waals surface area contributed by atoms with Gasteiger partial charge < -0.3 is 10.0 Å². The molecule has 0 heterocycles. The van der Waals surface area contributed by atoms with Gasteiger partial charge in [0.25, 0.3) is 0 Å². The Bertz CT molecular complexity index is 761. The molecule has 2 rings (SSSR count). The summed E-state index contributed by atoms with van der Waals surface area (Å²) < 4.78 is 0. The van der Waals surface area contributed by atoms with Crippen LogP contribution in [0.3, 0.4) is 0 Å². The van der Waals surface area contributed by atoms with Gasteiger partial charge in [-0.2, -0.15) is 0 Å². The van der Waals surface area contributed by atoms with Gasteiger partial charge in [-0.1, -0.05) is 83.4 Å². The smallest absolute Gasteiger partial charge is 0.122 e. The van der Waals surface area contributed by atoms with E-state index in [4.69, 9.17) is 0 Å². The van der Waals surface area contributed by atoms with Gasteiger partial charge in [-0.3, -0.25) is 0 Å². The molecule has 0 fully saturated rings. The molecule has 0 spiro atoms. The van der Waals surface area contributed by atoms with Crippen LogP contribution in [0, 0.1) is 0 Å². The Morgan fingerprint density at radius 1 is 0.840 bits per heavy atom. The summed E-state index contributed by atoms with van der Waals surface area (Å²) in [5.41, 5.74) is 1.23. The van der Waals surface area contributed by atoms with Crippen LogP contribution in [-0.2, 0) is 0 Å². The molecule has 0 saturated heterocycles. The van der Waals surface area contributed by atoms with E-state index in [-0.39, 0.29) is 0 Å². The molecule has 0 amide bonds. The lowest BCUT2D eigenvalue weighted by Crippen LogP contribution is -2.47. The zero-order chi connectivity index (χ0) is 19.0. The fourth-order valence-electron chi connectivity index (χ4n) is 2.85. The van der Waals surface area contributed by atoms with E-state index in [0.29, 0.717) is 14.3 Å². The van der Waals surface area contributed by atoms with E-state index < -0.39 is 16.1 Å². The van der Waals surface area contributed by atoms with Crippen LogP contribution >= 0.6 is 8.58 Å². The van der Waals surface area contributed by atoms with Crippen molar-refractivity contribution in [3.8, 4) is 5.75 Å². The van der Waals surface area contributed by atoms with E-state index in [1.54, 1.807) is 0 Å². The summed E-state index contributed by atoms with van der Waals surface area (Å²) >= 11 is 0. The molecule has 2 aromatic carbocycles. The Labute approximate surface area is 157 Å². The van der Waals surface area contributed by atoms with Gasteiger partial charge in [0.15, 0.2) is 0 Å². The standard InChI is InChI=1S/C20H32NOPSi2/c1-21(2)16-11-9-10-12-17(16)23-18-13-15(24(3,4)5)14-19(20(18)22)25(6,7)8/h9-14,22-23H,1-8H3. The van der Waals surface area contributed by atoms with Gasteiger partial charge in [0.1, 0.15) is 5.75 Å². The first-order valence-electron chi connectivity index (χ1n) is 8.82. The van der Waals surface area contributed by atoms with Crippen LogP contribution < -0.4 is 25.9 Å². The van der Waals surface area contributed by atoms with Crippen molar-refractivity contribution < 1.29 is 5.11 Å². The Morgan fingerprint density at radius 2 is 1.44 bits per heavy atom. The molecule has 0 aliphatic rings. The molecule has 1 N–H and O–H groups in total. The number of benzene rings is 2. The van der Waals surface area contributed by atoms with E-state index in [1.165, 1.54) is 21.4 Å². The highest BCUT2D eigenvalue weighted by atomic mass is 31.1. The molecule has 0 aliphatic heterocycles. The molecule has 5 heteroatoms.